The topological polar surface area (TPSA) is 50.7 Å². The SMILES string of the molecule is O=C1CCCN1CCCn1c(-c2ccco2)csc1=Nc1ccc(Cl)c(Cl)c1. The van der Waals surface area contributed by atoms with Gasteiger partial charge in [-0.05, 0) is 43.2 Å². The third kappa shape index (κ3) is 4.19. The maximum atomic E-state index is 11.9. The third-order valence-electron chi connectivity index (χ3n) is 4.68. The van der Waals surface area contributed by atoms with Gasteiger partial charge in [-0.1, -0.05) is 23.2 Å². The number of likely N-dealkylation sites (tertiary alicyclic amines) is 1. The number of carbonyl (C=O) groups is 1. The Kier molecular flexibility index (Phi) is 5.90. The normalized spacial score (nSPS) is 15.0. The lowest BCUT2D eigenvalue weighted by molar-refractivity contribution is -0.127. The minimum Gasteiger partial charge on any atom is -0.463 e. The summed E-state index contributed by atoms with van der Waals surface area (Å²) in [5, 5.41) is 3.02. The molecule has 0 N–H and O–H groups in total. The minimum absolute atomic E-state index is 0.252. The molecular formula is C20H19Cl2N3O2S. The fourth-order valence-electron chi connectivity index (χ4n) is 3.28. The molecule has 0 atom stereocenters. The Morgan fingerprint density at radius 1 is 1.18 bits per heavy atom. The second-order valence-corrected chi connectivity index (χ2v) is 8.23. The van der Waals surface area contributed by atoms with Crippen LogP contribution in [0, 0.1) is 0 Å². The predicted molar refractivity (Wildman–Crippen MR) is 112 cm³/mol. The highest BCUT2D eigenvalue weighted by Gasteiger charge is 2.19. The van der Waals surface area contributed by atoms with Crippen molar-refractivity contribution in [1.29, 1.82) is 0 Å². The maximum Gasteiger partial charge on any atom is 0.222 e. The summed E-state index contributed by atoms with van der Waals surface area (Å²) < 4.78 is 7.73. The van der Waals surface area contributed by atoms with Gasteiger partial charge in [-0.25, -0.2) is 4.99 Å². The molecule has 0 radical (unpaired) electrons. The number of hydrogen-bond donors (Lipinski definition) is 0. The van der Waals surface area contributed by atoms with E-state index in [1.54, 1.807) is 29.7 Å². The summed E-state index contributed by atoms with van der Waals surface area (Å²) in [5.74, 6) is 1.05. The summed E-state index contributed by atoms with van der Waals surface area (Å²) in [6.07, 6.45) is 4.14. The molecular weight excluding hydrogens is 417 g/mol. The fraction of sp³-hybridized carbons (Fsp3) is 0.300. The van der Waals surface area contributed by atoms with Gasteiger partial charge in [0, 0.05) is 31.4 Å². The fourth-order valence-corrected chi connectivity index (χ4v) is 4.51. The van der Waals surface area contributed by atoms with E-state index in [1.165, 1.54) is 0 Å². The molecule has 0 bridgehead atoms. The van der Waals surface area contributed by atoms with E-state index in [4.69, 9.17) is 32.6 Å². The number of rotatable bonds is 6. The van der Waals surface area contributed by atoms with Crippen LogP contribution in [0.5, 0.6) is 0 Å². The lowest BCUT2D eigenvalue weighted by Crippen LogP contribution is -2.27. The molecule has 1 amide bonds. The molecule has 0 saturated carbocycles. The van der Waals surface area contributed by atoms with E-state index < -0.39 is 0 Å². The zero-order chi connectivity index (χ0) is 19.5. The van der Waals surface area contributed by atoms with Gasteiger partial charge >= 0.3 is 0 Å². The molecule has 8 heteroatoms. The number of nitrogens with zero attached hydrogens (tertiary/aromatic N) is 3. The van der Waals surface area contributed by atoms with Crippen LogP contribution in [0.2, 0.25) is 10.0 Å². The van der Waals surface area contributed by atoms with Crippen molar-refractivity contribution in [2.45, 2.75) is 25.8 Å². The molecule has 0 spiro atoms. The van der Waals surface area contributed by atoms with Gasteiger partial charge in [0.05, 0.1) is 27.7 Å². The average molecular weight is 436 g/mol. The van der Waals surface area contributed by atoms with Crippen molar-refractivity contribution >= 4 is 46.1 Å². The smallest absolute Gasteiger partial charge is 0.222 e. The summed E-state index contributed by atoms with van der Waals surface area (Å²) in [5.41, 5.74) is 1.72. The van der Waals surface area contributed by atoms with Crippen molar-refractivity contribution < 1.29 is 9.21 Å². The van der Waals surface area contributed by atoms with Crippen LogP contribution in [0.3, 0.4) is 0 Å². The number of aromatic nitrogens is 1. The first-order valence-corrected chi connectivity index (χ1v) is 10.7. The Balaban J connectivity index is 1.63. The number of benzene rings is 1. The quantitative estimate of drug-likeness (QED) is 0.522. The molecule has 1 aromatic carbocycles. The van der Waals surface area contributed by atoms with Gasteiger partial charge in [-0.15, -0.1) is 11.3 Å². The van der Waals surface area contributed by atoms with E-state index in [0.717, 1.165) is 54.4 Å². The molecule has 0 aliphatic carbocycles. The number of hydrogen-bond acceptors (Lipinski definition) is 4. The van der Waals surface area contributed by atoms with Gasteiger partial charge in [-0.2, -0.15) is 0 Å². The third-order valence-corrected chi connectivity index (χ3v) is 6.28. The molecule has 3 aromatic rings. The zero-order valence-corrected chi connectivity index (χ0v) is 17.4. The van der Waals surface area contributed by atoms with Crippen molar-refractivity contribution in [3.8, 4) is 11.5 Å². The van der Waals surface area contributed by atoms with E-state index in [1.807, 2.05) is 28.5 Å². The van der Waals surface area contributed by atoms with Crippen molar-refractivity contribution in [1.82, 2.24) is 9.47 Å². The van der Waals surface area contributed by atoms with E-state index in [9.17, 15) is 4.79 Å². The number of amides is 1. The van der Waals surface area contributed by atoms with Crippen LogP contribution in [0.1, 0.15) is 19.3 Å². The first-order chi connectivity index (χ1) is 13.6. The zero-order valence-electron chi connectivity index (χ0n) is 15.1. The predicted octanol–water partition coefficient (Wildman–Crippen LogP) is 5.36. The highest BCUT2D eigenvalue weighted by molar-refractivity contribution is 7.07. The van der Waals surface area contributed by atoms with Gasteiger partial charge in [0.25, 0.3) is 0 Å². The van der Waals surface area contributed by atoms with Gasteiger partial charge in [0.2, 0.25) is 5.91 Å². The van der Waals surface area contributed by atoms with Crippen molar-refractivity contribution in [3.63, 3.8) is 0 Å². The highest BCUT2D eigenvalue weighted by atomic mass is 35.5. The van der Waals surface area contributed by atoms with E-state index in [2.05, 4.69) is 4.57 Å². The standard InChI is InChI=1S/C20H19Cl2N3O2S/c21-15-7-6-14(12-16(15)22)23-20-25(10-3-9-24-8-1-5-19(24)26)17(13-28-20)18-4-2-11-27-18/h2,4,6-7,11-13H,1,3,5,8-10H2. The van der Waals surface area contributed by atoms with Crippen molar-refractivity contribution in [2.75, 3.05) is 13.1 Å². The first-order valence-electron chi connectivity index (χ1n) is 9.11. The minimum atomic E-state index is 0.252. The Labute approximate surface area is 176 Å². The van der Waals surface area contributed by atoms with Crippen LogP contribution in [-0.4, -0.2) is 28.5 Å². The largest absolute Gasteiger partial charge is 0.463 e. The lowest BCUT2D eigenvalue weighted by atomic mass is 10.3. The van der Waals surface area contributed by atoms with E-state index in [0.29, 0.717) is 16.5 Å². The van der Waals surface area contributed by atoms with E-state index >= 15 is 0 Å². The van der Waals surface area contributed by atoms with Gasteiger partial charge in [0.15, 0.2) is 10.6 Å². The molecule has 146 valence electrons. The molecule has 0 unspecified atom stereocenters. The van der Waals surface area contributed by atoms with Crippen molar-refractivity contribution in [2.24, 2.45) is 4.99 Å². The van der Waals surface area contributed by atoms with Crippen LogP contribution in [0.15, 0.2) is 51.4 Å². The van der Waals surface area contributed by atoms with Gasteiger partial charge in [-0.3, -0.25) is 4.79 Å². The summed E-state index contributed by atoms with van der Waals surface area (Å²) >= 11 is 13.7. The van der Waals surface area contributed by atoms with Gasteiger partial charge < -0.3 is 13.9 Å². The number of halogens is 2. The van der Waals surface area contributed by atoms with Crippen LogP contribution in [0.4, 0.5) is 5.69 Å². The van der Waals surface area contributed by atoms with Gasteiger partial charge in [0.1, 0.15) is 0 Å². The van der Waals surface area contributed by atoms with Crippen LogP contribution < -0.4 is 4.80 Å². The number of carbonyl (C=O) groups excluding carboxylic acids is 1. The number of furan rings is 1. The Hall–Kier alpha value is -2.02. The summed E-state index contributed by atoms with van der Waals surface area (Å²) in [6.45, 7) is 2.35. The maximum absolute atomic E-state index is 11.9. The lowest BCUT2D eigenvalue weighted by Gasteiger charge is -2.16. The monoisotopic (exact) mass is 435 g/mol. The molecule has 5 nitrogen and oxygen atoms in total. The Morgan fingerprint density at radius 3 is 2.79 bits per heavy atom. The van der Waals surface area contributed by atoms with Crippen molar-refractivity contribution in [3.05, 3.63) is 56.8 Å². The molecule has 3 heterocycles. The molecule has 28 heavy (non-hydrogen) atoms. The summed E-state index contributed by atoms with van der Waals surface area (Å²) in [4.78, 5) is 19.4. The average Bonchev–Trinajstić information content (AvgIpc) is 3.41. The Morgan fingerprint density at radius 2 is 2.07 bits per heavy atom. The molecule has 2 aromatic heterocycles. The molecule has 4 rings (SSSR count). The van der Waals surface area contributed by atoms with Crippen LogP contribution >= 0.6 is 34.5 Å². The highest BCUT2D eigenvalue weighted by Crippen LogP contribution is 2.27. The second kappa shape index (κ2) is 8.55. The molecule has 1 aliphatic rings. The van der Waals surface area contributed by atoms with Crippen LogP contribution in [-0.2, 0) is 11.3 Å². The molecule has 1 fully saturated rings. The molecule has 1 aliphatic heterocycles. The van der Waals surface area contributed by atoms with Crippen LogP contribution in [0.25, 0.3) is 11.5 Å². The van der Waals surface area contributed by atoms with E-state index in [-0.39, 0.29) is 5.91 Å². The number of thiazole rings is 1. The summed E-state index contributed by atoms with van der Waals surface area (Å²) in [6, 6.07) is 9.14. The Bertz CT molecular complexity index is 1040. The first kappa shape index (κ1) is 19.3. The molecule has 1 saturated heterocycles. The summed E-state index contributed by atoms with van der Waals surface area (Å²) in [7, 11) is 0. The second-order valence-electron chi connectivity index (χ2n) is 6.58.